The molecule has 4 N–H and O–H groups in total. The second-order valence-corrected chi connectivity index (χ2v) is 13.4. The number of phenolic OH excluding ortho intramolecular Hbond substituents is 1. The van der Waals surface area contributed by atoms with Crippen LogP contribution in [0.2, 0.25) is 0 Å². The summed E-state index contributed by atoms with van der Waals surface area (Å²) in [6.45, 7) is 5.15. The van der Waals surface area contributed by atoms with Crippen LogP contribution in [0.1, 0.15) is 69.6 Å². The number of nitrogens with one attached hydrogen (secondary N) is 3. The van der Waals surface area contributed by atoms with Crippen molar-refractivity contribution in [2.45, 2.75) is 90.2 Å². The van der Waals surface area contributed by atoms with Crippen molar-refractivity contribution in [3.8, 4) is 5.75 Å². The van der Waals surface area contributed by atoms with Crippen molar-refractivity contribution in [1.29, 1.82) is 0 Å². The van der Waals surface area contributed by atoms with Gasteiger partial charge in [-0.1, -0.05) is 79.2 Å². The average Bonchev–Trinajstić information content (AvgIpc) is 3.08. The summed E-state index contributed by atoms with van der Waals surface area (Å²) in [6, 6.07) is 23.0. The van der Waals surface area contributed by atoms with Crippen LogP contribution in [0, 0.1) is 0 Å². The van der Waals surface area contributed by atoms with Crippen LogP contribution in [0.3, 0.4) is 0 Å². The van der Waals surface area contributed by atoms with Crippen molar-refractivity contribution in [2.24, 2.45) is 0 Å². The molecule has 0 radical (unpaired) electrons. The van der Waals surface area contributed by atoms with Crippen molar-refractivity contribution >= 4 is 29.8 Å². The smallest absolute Gasteiger partial charge is 0.408 e. The zero-order chi connectivity index (χ0) is 37.9. The van der Waals surface area contributed by atoms with Crippen molar-refractivity contribution in [3.63, 3.8) is 0 Å². The number of amides is 3. The van der Waals surface area contributed by atoms with Crippen LogP contribution in [0.25, 0.3) is 0 Å². The van der Waals surface area contributed by atoms with E-state index in [9.17, 15) is 29.1 Å². The highest BCUT2D eigenvalue weighted by Crippen LogP contribution is 2.15. The van der Waals surface area contributed by atoms with E-state index in [1.165, 1.54) is 24.2 Å². The van der Waals surface area contributed by atoms with Gasteiger partial charge in [-0.25, -0.2) is 9.80 Å². The van der Waals surface area contributed by atoms with E-state index in [-0.39, 0.29) is 50.7 Å². The number of likely N-dealkylation sites (N-methyl/N-ethyl adjacent to an activating group) is 1. The Morgan fingerprint density at radius 3 is 1.90 bits per heavy atom. The van der Waals surface area contributed by atoms with E-state index in [1.807, 2.05) is 60.7 Å². The van der Waals surface area contributed by atoms with Gasteiger partial charge < -0.3 is 30.0 Å². The van der Waals surface area contributed by atoms with E-state index < -0.39 is 41.6 Å². The fourth-order valence-corrected chi connectivity index (χ4v) is 5.02. The number of rotatable bonds is 19. The summed E-state index contributed by atoms with van der Waals surface area (Å²) in [5.41, 5.74) is 4.20. The van der Waals surface area contributed by atoms with Gasteiger partial charge in [-0.15, -0.1) is 0 Å². The van der Waals surface area contributed by atoms with Crippen LogP contribution in [0.5, 0.6) is 5.75 Å². The van der Waals surface area contributed by atoms with Crippen LogP contribution < -0.4 is 16.1 Å². The van der Waals surface area contributed by atoms with E-state index in [1.54, 1.807) is 32.9 Å². The van der Waals surface area contributed by atoms with E-state index in [0.29, 0.717) is 24.8 Å². The maximum absolute atomic E-state index is 13.7. The zero-order valence-electron chi connectivity index (χ0n) is 30.3. The first-order valence-corrected chi connectivity index (χ1v) is 17.2. The Morgan fingerprint density at radius 1 is 0.750 bits per heavy atom. The maximum Gasteiger partial charge on any atom is 0.408 e. The summed E-state index contributed by atoms with van der Waals surface area (Å²) >= 11 is 0. The largest absolute Gasteiger partial charge is 0.508 e. The minimum absolute atomic E-state index is 0.0503. The number of alkyl carbamates (subject to hydrolysis) is 1. The normalized spacial score (nSPS) is 12.2. The van der Waals surface area contributed by atoms with Crippen LogP contribution in [-0.2, 0) is 53.0 Å². The van der Waals surface area contributed by atoms with Gasteiger partial charge in [-0.3, -0.25) is 24.6 Å². The summed E-state index contributed by atoms with van der Waals surface area (Å²) in [4.78, 5) is 64.4. The summed E-state index contributed by atoms with van der Waals surface area (Å²) in [7, 11) is 1.52. The fourth-order valence-electron chi connectivity index (χ4n) is 5.02. The van der Waals surface area contributed by atoms with E-state index in [4.69, 9.17) is 14.2 Å². The van der Waals surface area contributed by atoms with Crippen LogP contribution in [0.15, 0.2) is 84.9 Å². The van der Waals surface area contributed by atoms with Gasteiger partial charge in [0.25, 0.3) is 0 Å². The number of ether oxygens (including phenoxy) is 3. The lowest BCUT2D eigenvalue weighted by Gasteiger charge is -2.26. The van der Waals surface area contributed by atoms with Gasteiger partial charge in [0.2, 0.25) is 11.8 Å². The minimum Gasteiger partial charge on any atom is -0.508 e. The third-order valence-corrected chi connectivity index (χ3v) is 7.51. The molecule has 0 spiro atoms. The van der Waals surface area contributed by atoms with Crippen LogP contribution in [0.4, 0.5) is 4.79 Å². The molecule has 3 rings (SSSR count). The van der Waals surface area contributed by atoms with Crippen molar-refractivity contribution in [1.82, 2.24) is 21.1 Å². The Hall–Kier alpha value is -5.43. The van der Waals surface area contributed by atoms with Crippen LogP contribution >= 0.6 is 0 Å². The third-order valence-electron chi connectivity index (χ3n) is 7.51. The lowest BCUT2D eigenvalue weighted by atomic mass is 10.0. The molecule has 0 aliphatic carbocycles. The molecule has 280 valence electrons. The van der Waals surface area contributed by atoms with E-state index in [0.717, 1.165) is 11.1 Å². The number of phenols is 1. The van der Waals surface area contributed by atoms with Crippen molar-refractivity contribution in [2.75, 3.05) is 13.6 Å². The Labute approximate surface area is 305 Å². The monoisotopic (exact) mass is 718 g/mol. The molecule has 0 saturated heterocycles. The number of nitrogens with zero attached hydrogens (tertiary/aromatic N) is 1. The molecular weight excluding hydrogens is 668 g/mol. The molecule has 0 bridgehead atoms. The number of carbonyl (C=O) groups excluding carboxylic acids is 5. The van der Waals surface area contributed by atoms with Gasteiger partial charge in [0.05, 0.1) is 0 Å². The number of esters is 2. The first-order valence-electron chi connectivity index (χ1n) is 17.2. The number of aromatic hydroxyl groups is 1. The second kappa shape index (κ2) is 21.1. The highest BCUT2D eigenvalue weighted by Gasteiger charge is 2.27. The summed E-state index contributed by atoms with van der Waals surface area (Å²) in [5, 5.41) is 16.5. The SMILES string of the molecule is CN(CC(=O)OCc1ccccc1)NC(=O)C[C@H](CCCCC(=O)OCc1ccccc1)NC(=O)[C@H](Cc1ccc(O)cc1)NC(=O)OC(C)(C)C. The quantitative estimate of drug-likeness (QED) is 0.0589. The maximum atomic E-state index is 13.7. The number of benzene rings is 3. The number of hydrogen-bond acceptors (Lipinski definition) is 10. The molecule has 0 aliphatic rings. The molecule has 13 nitrogen and oxygen atoms in total. The molecule has 0 fully saturated rings. The zero-order valence-corrected chi connectivity index (χ0v) is 30.3. The molecule has 3 amide bonds. The molecule has 0 aliphatic heterocycles. The van der Waals surface area contributed by atoms with E-state index >= 15 is 0 Å². The number of hydrazine groups is 1. The Balaban J connectivity index is 1.63. The second-order valence-electron chi connectivity index (χ2n) is 13.4. The van der Waals surface area contributed by atoms with Gasteiger partial charge in [0, 0.05) is 32.4 Å². The van der Waals surface area contributed by atoms with Gasteiger partial charge in [-0.05, 0) is 62.4 Å². The topological polar surface area (TPSA) is 173 Å². The minimum atomic E-state index is -1.08. The molecular formula is C39H50N4O9. The van der Waals surface area contributed by atoms with Gasteiger partial charge in [0.15, 0.2) is 0 Å². The summed E-state index contributed by atoms with van der Waals surface area (Å²) in [5.74, 6) is -1.88. The molecule has 2 atom stereocenters. The van der Waals surface area contributed by atoms with Gasteiger partial charge in [-0.2, -0.15) is 0 Å². The lowest BCUT2D eigenvalue weighted by molar-refractivity contribution is -0.147. The molecule has 0 aromatic heterocycles. The Bertz CT molecular complexity index is 1580. The first kappa shape index (κ1) is 41.0. The summed E-state index contributed by atoms with van der Waals surface area (Å²) in [6.07, 6.45) is 0.515. The Morgan fingerprint density at radius 2 is 1.33 bits per heavy atom. The number of unbranched alkanes of at least 4 members (excludes halogenated alkanes) is 1. The Kier molecular flexibility index (Phi) is 16.6. The predicted octanol–water partition coefficient (Wildman–Crippen LogP) is 4.71. The molecule has 52 heavy (non-hydrogen) atoms. The molecule has 0 saturated carbocycles. The third kappa shape index (κ3) is 17.0. The van der Waals surface area contributed by atoms with Crippen molar-refractivity contribution in [3.05, 3.63) is 102 Å². The summed E-state index contributed by atoms with van der Waals surface area (Å²) < 4.78 is 16.1. The fraction of sp³-hybridized carbons (Fsp3) is 0.410. The molecule has 0 heterocycles. The van der Waals surface area contributed by atoms with Crippen LogP contribution in [-0.4, -0.2) is 71.2 Å². The number of carbonyl (C=O) groups is 5. The predicted molar refractivity (Wildman–Crippen MR) is 193 cm³/mol. The molecule has 3 aromatic carbocycles. The highest BCUT2D eigenvalue weighted by molar-refractivity contribution is 5.87. The molecule has 0 unspecified atom stereocenters. The first-order chi connectivity index (χ1) is 24.8. The molecule has 13 heteroatoms. The van der Waals surface area contributed by atoms with Gasteiger partial charge >= 0.3 is 18.0 Å². The number of hydrogen-bond donors (Lipinski definition) is 4. The average molecular weight is 719 g/mol. The molecule has 3 aromatic rings. The highest BCUT2D eigenvalue weighted by atomic mass is 16.6. The van der Waals surface area contributed by atoms with E-state index in [2.05, 4.69) is 16.1 Å². The van der Waals surface area contributed by atoms with Crippen molar-refractivity contribution < 1.29 is 43.3 Å². The lowest BCUT2D eigenvalue weighted by Crippen LogP contribution is -2.52. The standard InChI is InChI=1S/C39H50N4O9/c1-39(2,3)52-38(49)41-33(23-28-19-21-32(44)22-20-28)37(48)40-31(17-11-12-18-35(46)50-26-29-13-7-5-8-14-29)24-34(45)42-43(4)25-36(47)51-27-30-15-9-6-10-16-30/h5-10,13-16,19-22,31,33,44H,11-12,17-18,23-27H2,1-4H3,(H,40,48)(H,41,49)(H,42,45)/t31-,33-/m0/s1. The van der Waals surface area contributed by atoms with Gasteiger partial charge in [0.1, 0.15) is 37.2 Å².